The standard InChI is InChI=1S/C17H18N2O8/c1-3-26-17(25)13(7-20)18-19-15(23)12-4-9(22)5-14-11(12)6-10(8(2)21)16(24)27-14/h4-6,13,18,20,22H,3,7H2,1-2H3,(H,19,23)/t13-/m0/s1. The number of carbonyl (C=O) groups excluding carboxylic acids is 3. The van der Waals surface area contributed by atoms with E-state index in [1.807, 2.05) is 0 Å². The Hall–Kier alpha value is -3.24. The highest BCUT2D eigenvalue weighted by Gasteiger charge is 2.21. The molecule has 1 heterocycles. The molecule has 0 aliphatic carbocycles. The second kappa shape index (κ2) is 8.43. The summed E-state index contributed by atoms with van der Waals surface area (Å²) in [5, 5.41) is 19.1. The maximum Gasteiger partial charge on any atom is 0.347 e. The predicted molar refractivity (Wildman–Crippen MR) is 92.3 cm³/mol. The van der Waals surface area contributed by atoms with Crippen molar-refractivity contribution >= 4 is 28.6 Å². The highest BCUT2D eigenvalue weighted by molar-refractivity contribution is 6.08. The third kappa shape index (κ3) is 4.49. The number of carbonyl (C=O) groups is 3. The zero-order chi connectivity index (χ0) is 20.1. The van der Waals surface area contributed by atoms with Gasteiger partial charge in [0.15, 0.2) is 5.78 Å². The molecule has 10 nitrogen and oxygen atoms in total. The zero-order valence-electron chi connectivity index (χ0n) is 14.6. The van der Waals surface area contributed by atoms with E-state index in [-0.39, 0.29) is 34.5 Å². The number of benzene rings is 1. The van der Waals surface area contributed by atoms with Crippen LogP contribution in [0.25, 0.3) is 11.0 Å². The number of ether oxygens (including phenoxy) is 1. The van der Waals surface area contributed by atoms with Crippen molar-refractivity contribution in [2.45, 2.75) is 19.9 Å². The summed E-state index contributed by atoms with van der Waals surface area (Å²) in [7, 11) is 0. The first-order valence-electron chi connectivity index (χ1n) is 7.93. The monoisotopic (exact) mass is 378 g/mol. The van der Waals surface area contributed by atoms with Gasteiger partial charge in [-0.15, -0.1) is 0 Å². The summed E-state index contributed by atoms with van der Waals surface area (Å²) in [6, 6.07) is 2.21. The zero-order valence-corrected chi connectivity index (χ0v) is 14.6. The van der Waals surface area contributed by atoms with Crippen LogP contribution in [0.4, 0.5) is 0 Å². The molecular weight excluding hydrogens is 360 g/mol. The Kier molecular flexibility index (Phi) is 6.27. The number of phenols is 1. The molecule has 2 rings (SSSR count). The van der Waals surface area contributed by atoms with E-state index in [9.17, 15) is 29.4 Å². The van der Waals surface area contributed by atoms with E-state index in [4.69, 9.17) is 9.15 Å². The lowest BCUT2D eigenvalue weighted by Crippen LogP contribution is -2.50. The topological polar surface area (TPSA) is 155 Å². The van der Waals surface area contributed by atoms with Crippen molar-refractivity contribution < 1.29 is 33.8 Å². The molecule has 10 heteroatoms. The molecular formula is C17H18N2O8. The molecule has 1 atom stereocenters. The molecule has 2 aromatic rings. The summed E-state index contributed by atoms with van der Waals surface area (Å²) in [6.45, 7) is 2.22. The van der Waals surface area contributed by atoms with E-state index in [1.165, 1.54) is 13.0 Å². The van der Waals surface area contributed by atoms with Gasteiger partial charge in [-0.05, 0) is 26.0 Å². The number of aliphatic hydroxyl groups is 1. The number of ketones is 1. The van der Waals surface area contributed by atoms with E-state index in [0.29, 0.717) is 0 Å². The number of hydrogen-bond acceptors (Lipinski definition) is 9. The van der Waals surface area contributed by atoms with Crippen molar-refractivity contribution in [3.05, 3.63) is 39.7 Å². The normalized spacial score (nSPS) is 11.8. The highest BCUT2D eigenvalue weighted by atomic mass is 16.5. The van der Waals surface area contributed by atoms with Crippen LogP contribution in [-0.2, 0) is 9.53 Å². The van der Waals surface area contributed by atoms with Crippen LogP contribution in [0.15, 0.2) is 27.4 Å². The minimum atomic E-state index is -1.21. The van der Waals surface area contributed by atoms with Gasteiger partial charge in [0, 0.05) is 11.5 Å². The van der Waals surface area contributed by atoms with Crippen LogP contribution >= 0.6 is 0 Å². The molecule has 0 saturated heterocycles. The summed E-state index contributed by atoms with van der Waals surface area (Å²) in [4.78, 5) is 47.4. The van der Waals surface area contributed by atoms with Gasteiger partial charge in [0.2, 0.25) is 0 Å². The number of hydrazine groups is 1. The maximum absolute atomic E-state index is 12.5. The SMILES string of the molecule is CCOC(=O)[C@H](CO)NNC(=O)c1cc(O)cc2oc(=O)c(C(C)=O)cc12. The number of nitrogens with one attached hydrogen (secondary N) is 2. The summed E-state index contributed by atoms with van der Waals surface area (Å²) in [5.74, 6) is -2.48. The summed E-state index contributed by atoms with van der Waals surface area (Å²) in [5.41, 5.74) is 3.16. The molecule has 27 heavy (non-hydrogen) atoms. The third-order valence-electron chi connectivity index (χ3n) is 3.58. The number of esters is 1. The van der Waals surface area contributed by atoms with Gasteiger partial charge in [0.05, 0.1) is 18.8 Å². The minimum Gasteiger partial charge on any atom is -0.508 e. The van der Waals surface area contributed by atoms with Crippen LogP contribution < -0.4 is 16.5 Å². The summed E-state index contributed by atoms with van der Waals surface area (Å²) in [6.07, 6.45) is 0. The van der Waals surface area contributed by atoms with Crippen molar-refractivity contribution in [3.63, 3.8) is 0 Å². The lowest BCUT2D eigenvalue weighted by atomic mass is 10.1. The molecule has 0 saturated carbocycles. The van der Waals surface area contributed by atoms with Crippen LogP contribution in [0.2, 0.25) is 0 Å². The Morgan fingerprint density at radius 1 is 1.22 bits per heavy atom. The van der Waals surface area contributed by atoms with Gasteiger partial charge < -0.3 is 19.4 Å². The van der Waals surface area contributed by atoms with Gasteiger partial charge in [0.1, 0.15) is 22.9 Å². The molecule has 0 fully saturated rings. The molecule has 0 spiro atoms. The van der Waals surface area contributed by atoms with Gasteiger partial charge in [-0.25, -0.2) is 10.2 Å². The number of rotatable bonds is 7. The smallest absolute Gasteiger partial charge is 0.347 e. The molecule has 0 aliphatic heterocycles. The number of hydrogen-bond donors (Lipinski definition) is 4. The van der Waals surface area contributed by atoms with E-state index in [1.54, 1.807) is 6.92 Å². The lowest BCUT2D eigenvalue weighted by Gasteiger charge is -2.16. The summed E-state index contributed by atoms with van der Waals surface area (Å²) >= 11 is 0. The predicted octanol–water partition coefficient (Wildman–Crippen LogP) is -0.140. The quantitative estimate of drug-likeness (QED) is 0.223. The second-order valence-electron chi connectivity index (χ2n) is 5.49. The first-order chi connectivity index (χ1) is 12.8. The van der Waals surface area contributed by atoms with Crippen LogP contribution in [0.1, 0.15) is 34.6 Å². The van der Waals surface area contributed by atoms with Crippen LogP contribution in [0.5, 0.6) is 5.75 Å². The van der Waals surface area contributed by atoms with Gasteiger partial charge >= 0.3 is 11.6 Å². The third-order valence-corrected chi connectivity index (χ3v) is 3.58. The molecule has 0 bridgehead atoms. The molecule has 1 amide bonds. The number of Topliss-reactive ketones (excluding diaryl/α,β-unsaturated/α-hetero) is 1. The molecule has 144 valence electrons. The van der Waals surface area contributed by atoms with Crippen molar-refractivity contribution in [1.82, 2.24) is 10.9 Å². The lowest BCUT2D eigenvalue weighted by molar-refractivity contribution is -0.146. The largest absolute Gasteiger partial charge is 0.508 e. The molecule has 1 aromatic carbocycles. The van der Waals surface area contributed by atoms with Gasteiger partial charge in [-0.1, -0.05) is 0 Å². The number of phenolic OH excluding ortho intramolecular Hbond substituents is 1. The molecule has 0 radical (unpaired) electrons. The Labute approximate surface area is 152 Å². The fourth-order valence-electron chi connectivity index (χ4n) is 2.28. The Morgan fingerprint density at radius 3 is 2.52 bits per heavy atom. The minimum absolute atomic E-state index is 0.0923. The van der Waals surface area contributed by atoms with E-state index < -0.39 is 35.9 Å². The number of aliphatic hydroxyl groups excluding tert-OH is 1. The molecule has 1 aromatic heterocycles. The number of aromatic hydroxyl groups is 1. The number of amides is 1. The average Bonchev–Trinajstić information content (AvgIpc) is 2.60. The van der Waals surface area contributed by atoms with Crippen molar-refractivity contribution in [3.8, 4) is 5.75 Å². The Morgan fingerprint density at radius 2 is 1.93 bits per heavy atom. The first kappa shape index (κ1) is 20.1. The fourth-order valence-corrected chi connectivity index (χ4v) is 2.28. The molecule has 0 aliphatic rings. The number of fused-ring (bicyclic) bond motifs is 1. The van der Waals surface area contributed by atoms with Gasteiger partial charge in [-0.2, -0.15) is 0 Å². The van der Waals surface area contributed by atoms with Gasteiger partial charge in [0.25, 0.3) is 5.91 Å². The molecule has 4 N–H and O–H groups in total. The maximum atomic E-state index is 12.5. The molecule has 0 unspecified atom stereocenters. The Bertz CT molecular complexity index is 950. The van der Waals surface area contributed by atoms with E-state index in [2.05, 4.69) is 10.9 Å². The first-order valence-corrected chi connectivity index (χ1v) is 7.93. The highest BCUT2D eigenvalue weighted by Crippen LogP contribution is 2.24. The Balaban J connectivity index is 2.37. The van der Waals surface area contributed by atoms with Gasteiger partial charge in [-0.3, -0.25) is 19.8 Å². The van der Waals surface area contributed by atoms with Crippen LogP contribution in [-0.4, -0.2) is 47.1 Å². The van der Waals surface area contributed by atoms with Crippen molar-refractivity contribution in [2.75, 3.05) is 13.2 Å². The fraction of sp³-hybridized carbons (Fsp3) is 0.294. The van der Waals surface area contributed by atoms with Crippen LogP contribution in [0, 0.1) is 0 Å². The van der Waals surface area contributed by atoms with E-state index in [0.717, 1.165) is 12.1 Å². The average molecular weight is 378 g/mol. The van der Waals surface area contributed by atoms with E-state index >= 15 is 0 Å². The van der Waals surface area contributed by atoms with Crippen molar-refractivity contribution in [1.29, 1.82) is 0 Å². The summed E-state index contributed by atoms with van der Waals surface area (Å²) < 4.78 is 9.73. The van der Waals surface area contributed by atoms with Crippen molar-refractivity contribution in [2.24, 2.45) is 0 Å². The van der Waals surface area contributed by atoms with Crippen LogP contribution in [0.3, 0.4) is 0 Å². The second-order valence-corrected chi connectivity index (χ2v) is 5.49.